The number of hydrogen-bond donors (Lipinski definition) is 1. The minimum Gasteiger partial charge on any atom is -0.463 e. The Balaban J connectivity index is 1.81. The Morgan fingerprint density at radius 3 is 2.75 bits per heavy atom. The smallest absolute Gasteiger partial charge is 0.316 e. The second-order valence-corrected chi connectivity index (χ2v) is 6.25. The van der Waals surface area contributed by atoms with E-state index < -0.39 is 0 Å². The van der Waals surface area contributed by atoms with Gasteiger partial charge in [-0.2, -0.15) is 0 Å². The lowest BCUT2D eigenvalue weighted by atomic mass is 10.1. The molecule has 20 heavy (non-hydrogen) atoms. The summed E-state index contributed by atoms with van der Waals surface area (Å²) in [5, 5.41) is 3.42. The highest BCUT2D eigenvalue weighted by atomic mass is 16.5. The highest BCUT2D eigenvalue weighted by Crippen LogP contribution is 2.25. The third kappa shape index (κ3) is 4.75. The van der Waals surface area contributed by atoms with Crippen molar-refractivity contribution in [3.8, 4) is 6.01 Å². The molecule has 1 aliphatic carbocycles. The molecule has 1 aromatic rings. The predicted molar refractivity (Wildman–Crippen MR) is 80.8 cm³/mol. The molecule has 0 spiro atoms. The fourth-order valence-corrected chi connectivity index (χ4v) is 2.58. The zero-order chi connectivity index (χ0) is 14.4. The zero-order valence-corrected chi connectivity index (χ0v) is 13.0. The van der Waals surface area contributed by atoms with Gasteiger partial charge in [-0.05, 0) is 38.1 Å². The van der Waals surface area contributed by atoms with Gasteiger partial charge in [0.2, 0.25) is 0 Å². The number of nitrogens with zero attached hydrogens (tertiary/aromatic N) is 2. The summed E-state index contributed by atoms with van der Waals surface area (Å²) in [6, 6.07) is 0.530. The van der Waals surface area contributed by atoms with E-state index in [2.05, 4.69) is 29.1 Å². The second kappa shape index (κ2) is 7.58. The van der Waals surface area contributed by atoms with Crippen molar-refractivity contribution in [1.82, 2.24) is 15.3 Å². The minimum absolute atomic E-state index is 0.530. The molecule has 0 bridgehead atoms. The van der Waals surface area contributed by atoms with Gasteiger partial charge in [-0.3, -0.25) is 0 Å². The second-order valence-electron chi connectivity index (χ2n) is 6.25. The molecule has 1 N–H and O–H groups in total. The quantitative estimate of drug-likeness (QED) is 0.832. The van der Waals surface area contributed by atoms with E-state index in [0.29, 0.717) is 17.8 Å². The van der Waals surface area contributed by atoms with E-state index in [1.54, 1.807) is 0 Å². The Morgan fingerprint density at radius 1 is 1.35 bits per heavy atom. The molecule has 1 aliphatic rings. The summed E-state index contributed by atoms with van der Waals surface area (Å²) in [6.07, 6.45) is 7.15. The average Bonchev–Trinajstić information content (AvgIpc) is 2.91. The maximum absolute atomic E-state index is 5.73. The number of aryl methyl sites for hydroxylation is 1. The van der Waals surface area contributed by atoms with Gasteiger partial charge < -0.3 is 10.1 Å². The fraction of sp³-hybridized carbons (Fsp3) is 0.750. The van der Waals surface area contributed by atoms with Crippen molar-refractivity contribution < 1.29 is 4.74 Å². The van der Waals surface area contributed by atoms with Crippen LogP contribution in [0.4, 0.5) is 0 Å². The lowest BCUT2D eigenvalue weighted by molar-refractivity contribution is 0.233. The van der Waals surface area contributed by atoms with Crippen molar-refractivity contribution in [3.05, 3.63) is 17.5 Å². The minimum atomic E-state index is 0.530. The largest absolute Gasteiger partial charge is 0.463 e. The van der Waals surface area contributed by atoms with Gasteiger partial charge in [0.25, 0.3) is 0 Å². The Morgan fingerprint density at radius 2 is 2.10 bits per heavy atom. The van der Waals surface area contributed by atoms with Crippen molar-refractivity contribution in [1.29, 1.82) is 0 Å². The van der Waals surface area contributed by atoms with Crippen LogP contribution in [0.2, 0.25) is 0 Å². The van der Waals surface area contributed by atoms with Gasteiger partial charge in [0.15, 0.2) is 0 Å². The van der Waals surface area contributed by atoms with E-state index in [4.69, 9.17) is 4.74 Å². The molecule has 2 rings (SSSR count). The van der Waals surface area contributed by atoms with Crippen molar-refractivity contribution in [2.75, 3.05) is 13.2 Å². The van der Waals surface area contributed by atoms with Crippen LogP contribution in [-0.2, 0) is 6.54 Å². The molecule has 0 aliphatic heterocycles. The molecule has 0 saturated heterocycles. The van der Waals surface area contributed by atoms with Crippen molar-refractivity contribution in [2.24, 2.45) is 11.8 Å². The van der Waals surface area contributed by atoms with E-state index >= 15 is 0 Å². The first-order chi connectivity index (χ1) is 9.65. The molecular weight excluding hydrogens is 250 g/mol. The van der Waals surface area contributed by atoms with Crippen molar-refractivity contribution >= 4 is 0 Å². The third-order valence-electron chi connectivity index (χ3n) is 3.85. The molecule has 1 saturated carbocycles. The number of nitrogens with one attached hydrogen (secondary N) is 1. The molecule has 112 valence electrons. The lowest BCUT2D eigenvalue weighted by Gasteiger charge is -2.12. The van der Waals surface area contributed by atoms with Crippen LogP contribution in [0.15, 0.2) is 6.20 Å². The zero-order valence-electron chi connectivity index (χ0n) is 13.0. The van der Waals surface area contributed by atoms with Crippen LogP contribution < -0.4 is 10.1 Å². The molecule has 1 aromatic heterocycles. The first-order valence-corrected chi connectivity index (χ1v) is 7.81. The van der Waals surface area contributed by atoms with E-state index in [1.807, 2.05) is 13.1 Å². The Bertz CT molecular complexity index is 414. The molecule has 0 amide bonds. The van der Waals surface area contributed by atoms with Gasteiger partial charge >= 0.3 is 6.01 Å². The maximum atomic E-state index is 5.73. The van der Waals surface area contributed by atoms with Crippen LogP contribution in [0.25, 0.3) is 0 Å². The predicted octanol–water partition coefficient (Wildman–Crippen LogP) is 3.10. The van der Waals surface area contributed by atoms with Crippen LogP contribution >= 0.6 is 0 Å². The summed E-state index contributed by atoms with van der Waals surface area (Å²) in [7, 11) is 0. The summed E-state index contributed by atoms with van der Waals surface area (Å²) in [5.41, 5.74) is 2.16. The standard InChI is InChI=1S/C16H27N3O/c1-12(2)8-17-9-15-10-18-16(19-13(15)3)20-11-14-6-4-5-7-14/h10,12,14,17H,4-9,11H2,1-3H3. The van der Waals surface area contributed by atoms with Crippen LogP contribution in [0, 0.1) is 18.8 Å². The Hall–Kier alpha value is -1.16. The van der Waals surface area contributed by atoms with Gasteiger partial charge in [0.05, 0.1) is 6.61 Å². The number of aromatic nitrogens is 2. The van der Waals surface area contributed by atoms with E-state index in [0.717, 1.165) is 31.0 Å². The van der Waals surface area contributed by atoms with Gasteiger partial charge in [-0.25, -0.2) is 9.97 Å². The number of hydrogen-bond acceptors (Lipinski definition) is 4. The van der Waals surface area contributed by atoms with Crippen LogP contribution in [0.3, 0.4) is 0 Å². The lowest BCUT2D eigenvalue weighted by Crippen LogP contribution is -2.20. The van der Waals surface area contributed by atoms with E-state index in [9.17, 15) is 0 Å². The van der Waals surface area contributed by atoms with E-state index in [-0.39, 0.29) is 0 Å². The summed E-state index contributed by atoms with van der Waals surface area (Å²) in [4.78, 5) is 8.78. The van der Waals surface area contributed by atoms with Crippen LogP contribution in [0.1, 0.15) is 50.8 Å². The first kappa shape index (κ1) is 15.2. The van der Waals surface area contributed by atoms with Crippen molar-refractivity contribution in [3.63, 3.8) is 0 Å². The molecule has 0 radical (unpaired) electrons. The van der Waals surface area contributed by atoms with E-state index in [1.165, 1.54) is 25.7 Å². The van der Waals surface area contributed by atoms with Gasteiger partial charge in [-0.15, -0.1) is 0 Å². The molecule has 0 unspecified atom stereocenters. The Kier molecular flexibility index (Phi) is 5.77. The van der Waals surface area contributed by atoms with Gasteiger partial charge in [-0.1, -0.05) is 26.7 Å². The first-order valence-electron chi connectivity index (χ1n) is 7.81. The van der Waals surface area contributed by atoms with Gasteiger partial charge in [0.1, 0.15) is 0 Å². The van der Waals surface area contributed by atoms with Crippen molar-refractivity contribution in [2.45, 2.75) is 53.0 Å². The summed E-state index contributed by atoms with van der Waals surface area (Å²) >= 11 is 0. The third-order valence-corrected chi connectivity index (χ3v) is 3.85. The molecule has 4 nitrogen and oxygen atoms in total. The topological polar surface area (TPSA) is 47.0 Å². The van der Waals surface area contributed by atoms with Crippen LogP contribution in [0.5, 0.6) is 6.01 Å². The highest BCUT2D eigenvalue weighted by Gasteiger charge is 2.16. The molecule has 0 aromatic carbocycles. The number of ether oxygens (including phenoxy) is 1. The molecule has 4 heteroatoms. The molecule has 1 heterocycles. The molecule has 1 fully saturated rings. The monoisotopic (exact) mass is 277 g/mol. The fourth-order valence-electron chi connectivity index (χ4n) is 2.58. The van der Waals surface area contributed by atoms with Gasteiger partial charge in [0, 0.05) is 24.0 Å². The molecule has 0 atom stereocenters. The number of rotatable bonds is 7. The normalized spacial score (nSPS) is 16.0. The Labute approximate surface area is 122 Å². The van der Waals surface area contributed by atoms with Crippen LogP contribution in [-0.4, -0.2) is 23.1 Å². The maximum Gasteiger partial charge on any atom is 0.316 e. The SMILES string of the molecule is Cc1nc(OCC2CCCC2)ncc1CNCC(C)C. The summed E-state index contributed by atoms with van der Waals surface area (Å²) in [6.45, 7) is 9.04. The highest BCUT2D eigenvalue weighted by molar-refractivity contribution is 5.17. The summed E-state index contributed by atoms with van der Waals surface area (Å²) in [5.74, 6) is 1.36. The summed E-state index contributed by atoms with van der Waals surface area (Å²) < 4.78 is 5.73. The average molecular weight is 277 g/mol. The molecular formula is C16H27N3O.